The van der Waals surface area contributed by atoms with Crippen molar-refractivity contribution in [2.24, 2.45) is 0 Å². The maximum Gasteiger partial charge on any atom is 0.261 e. The summed E-state index contributed by atoms with van der Waals surface area (Å²) in [5.74, 6) is 0. The molecule has 2 nitrogen and oxygen atoms in total. The molecule has 0 saturated heterocycles. The van der Waals surface area contributed by atoms with Gasteiger partial charge in [-0.25, -0.2) is 0 Å². The molecule has 0 heterocycles. The highest BCUT2D eigenvalue weighted by Gasteiger charge is 2.49. The summed E-state index contributed by atoms with van der Waals surface area (Å²) >= 11 is 0. The van der Waals surface area contributed by atoms with Crippen molar-refractivity contribution in [2.45, 2.75) is 58.4 Å². The summed E-state index contributed by atoms with van der Waals surface area (Å²) in [5, 5.41) is 2.68. The highest BCUT2D eigenvalue weighted by molar-refractivity contribution is 6.99. The van der Waals surface area contributed by atoms with E-state index in [1.54, 1.807) is 0 Å². The van der Waals surface area contributed by atoms with Crippen LogP contribution in [0.25, 0.3) is 0 Å². The summed E-state index contributed by atoms with van der Waals surface area (Å²) in [4.78, 5) is 0. The van der Waals surface area contributed by atoms with E-state index in [2.05, 4.69) is 88.4 Å². The van der Waals surface area contributed by atoms with Crippen molar-refractivity contribution in [3.05, 3.63) is 60.7 Å². The van der Waals surface area contributed by atoms with E-state index in [4.69, 9.17) is 9.16 Å². The van der Waals surface area contributed by atoms with Crippen LogP contribution in [0.2, 0.25) is 5.04 Å². The molecule has 2 rings (SSSR count). The van der Waals surface area contributed by atoms with Crippen molar-refractivity contribution in [3.63, 3.8) is 0 Å². The average molecular weight is 385 g/mol. The van der Waals surface area contributed by atoms with Gasteiger partial charge in [0, 0.05) is 6.61 Å². The Hall–Kier alpha value is -1.42. The molecule has 0 aromatic heterocycles. The highest BCUT2D eigenvalue weighted by atomic mass is 28.4. The number of benzene rings is 2. The van der Waals surface area contributed by atoms with Gasteiger partial charge < -0.3 is 9.16 Å². The lowest BCUT2D eigenvalue weighted by Crippen LogP contribution is -2.66. The lowest BCUT2D eigenvalue weighted by Gasteiger charge is -2.43. The third-order valence-corrected chi connectivity index (χ3v) is 10.1. The molecule has 0 fully saturated rings. The Labute approximate surface area is 167 Å². The van der Waals surface area contributed by atoms with E-state index in [0.717, 1.165) is 13.0 Å². The number of hydrogen-bond donors (Lipinski definition) is 0. The van der Waals surface area contributed by atoms with E-state index in [1.165, 1.54) is 29.6 Å². The predicted molar refractivity (Wildman–Crippen MR) is 119 cm³/mol. The lowest BCUT2D eigenvalue weighted by molar-refractivity contribution is 0.0940. The third-order valence-electron chi connectivity index (χ3n) is 5.11. The van der Waals surface area contributed by atoms with E-state index in [9.17, 15) is 0 Å². The maximum atomic E-state index is 6.81. The molecule has 2 aromatic carbocycles. The fourth-order valence-corrected chi connectivity index (χ4v) is 8.29. The van der Waals surface area contributed by atoms with Crippen LogP contribution in [0.4, 0.5) is 0 Å². The van der Waals surface area contributed by atoms with Crippen molar-refractivity contribution in [1.29, 1.82) is 0 Å². The number of rotatable bonds is 11. The standard InChI is InChI=1S/C24H36O2Si/c1-5-6-7-14-19-25-20-21-26-27(24(2,3)4,22-15-10-8-11-16-22)23-17-12-9-13-18-23/h8-13,15-18H,5-7,14,19-21H2,1-4H3. The zero-order valence-corrected chi connectivity index (χ0v) is 18.5. The lowest BCUT2D eigenvalue weighted by atomic mass is 10.2. The van der Waals surface area contributed by atoms with Crippen molar-refractivity contribution in [1.82, 2.24) is 0 Å². The molecule has 3 heteroatoms. The topological polar surface area (TPSA) is 18.5 Å². The zero-order valence-electron chi connectivity index (χ0n) is 17.5. The van der Waals surface area contributed by atoms with E-state index < -0.39 is 8.32 Å². The summed E-state index contributed by atoms with van der Waals surface area (Å²) in [6.45, 7) is 11.3. The molecule has 0 bridgehead atoms. The molecule has 0 aliphatic heterocycles. The molecule has 0 aliphatic carbocycles. The van der Waals surface area contributed by atoms with Crippen LogP contribution in [0.1, 0.15) is 53.4 Å². The van der Waals surface area contributed by atoms with Gasteiger partial charge in [0.25, 0.3) is 8.32 Å². The Bertz CT molecular complexity index is 595. The molecule has 0 saturated carbocycles. The molecular formula is C24H36O2Si. The molecule has 0 radical (unpaired) electrons. The minimum atomic E-state index is -2.41. The predicted octanol–water partition coefficient (Wildman–Crippen LogP) is 5.16. The monoisotopic (exact) mass is 384 g/mol. The van der Waals surface area contributed by atoms with Crippen LogP contribution in [0.15, 0.2) is 60.7 Å². The van der Waals surface area contributed by atoms with Crippen molar-refractivity contribution in [3.8, 4) is 0 Å². The zero-order chi connectivity index (χ0) is 19.6. The number of hydrogen-bond acceptors (Lipinski definition) is 2. The number of unbranched alkanes of at least 4 members (excludes halogenated alkanes) is 3. The van der Waals surface area contributed by atoms with E-state index in [1.807, 2.05) is 0 Å². The molecule has 0 unspecified atom stereocenters. The molecule has 0 spiro atoms. The summed E-state index contributed by atoms with van der Waals surface area (Å²) < 4.78 is 12.7. The van der Waals surface area contributed by atoms with Gasteiger partial charge in [-0.05, 0) is 21.8 Å². The second-order valence-electron chi connectivity index (χ2n) is 8.18. The molecule has 148 valence electrons. The second-order valence-corrected chi connectivity index (χ2v) is 12.5. The Balaban J connectivity index is 2.15. The van der Waals surface area contributed by atoms with Gasteiger partial charge in [-0.15, -0.1) is 0 Å². The first kappa shape index (κ1) is 21.9. The second kappa shape index (κ2) is 10.8. The first-order valence-corrected chi connectivity index (χ1v) is 12.3. The van der Waals surface area contributed by atoms with Crippen molar-refractivity contribution < 1.29 is 9.16 Å². The van der Waals surface area contributed by atoms with E-state index >= 15 is 0 Å². The van der Waals surface area contributed by atoms with E-state index in [-0.39, 0.29) is 5.04 Å². The van der Waals surface area contributed by atoms with Gasteiger partial charge >= 0.3 is 0 Å². The largest absolute Gasteiger partial charge is 0.405 e. The van der Waals surface area contributed by atoms with Gasteiger partial charge in [0.1, 0.15) is 0 Å². The smallest absolute Gasteiger partial charge is 0.261 e. The SMILES string of the molecule is CCCCCCOCCO[Si](c1ccccc1)(c1ccccc1)C(C)(C)C. The summed E-state index contributed by atoms with van der Waals surface area (Å²) in [6, 6.07) is 21.6. The Kier molecular flexibility index (Phi) is 8.74. The highest BCUT2D eigenvalue weighted by Crippen LogP contribution is 2.36. The van der Waals surface area contributed by atoms with Gasteiger partial charge in [0.05, 0.1) is 13.2 Å². The molecule has 0 amide bonds. The van der Waals surface area contributed by atoms with Crippen molar-refractivity contribution >= 4 is 18.7 Å². The van der Waals surface area contributed by atoms with Gasteiger partial charge in [0.2, 0.25) is 0 Å². The molecule has 2 aromatic rings. The Morgan fingerprint density at radius 1 is 0.704 bits per heavy atom. The van der Waals surface area contributed by atoms with Gasteiger partial charge in [-0.3, -0.25) is 0 Å². The fraction of sp³-hybridized carbons (Fsp3) is 0.500. The molecule has 0 aliphatic rings. The summed E-state index contributed by atoms with van der Waals surface area (Å²) in [5.41, 5.74) is 0. The molecule has 27 heavy (non-hydrogen) atoms. The minimum Gasteiger partial charge on any atom is -0.405 e. The maximum absolute atomic E-state index is 6.81. The molecular weight excluding hydrogens is 348 g/mol. The quantitative estimate of drug-likeness (QED) is 0.393. The van der Waals surface area contributed by atoms with Crippen LogP contribution >= 0.6 is 0 Å². The average Bonchev–Trinajstić information content (AvgIpc) is 2.67. The number of ether oxygens (including phenoxy) is 1. The van der Waals surface area contributed by atoms with Gasteiger partial charge in [0.15, 0.2) is 0 Å². The van der Waals surface area contributed by atoms with Crippen LogP contribution < -0.4 is 10.4 Å². The van der Waals surface area contributed by atoms with Crippen LogP contribution in [-0.4, -0.2) is 28.1 Å². The summed E-state index contributed by atoms with van der Waals surface area (Å²) in [7, 11) is -2.41. The van der Waals surface area contributed by atoms with Crippen LogP contribution in [-0.2, 0) is 9.16 Å². The normalized spacial score (nSPS) is 12.3. The minimum absolute atomic E-state index is 0.0246. The third kappa shape index (κ3) is 5.77. The Morgan fingerprint density at radius 3 is 1.74 bits per heavy atom. The summed E-state index contributed by atoms with van der Waals surface area (Å²) in [6.07, 6.45) is 4.96. The van der Waals surface area contributed by atoms with Gasteiger partial charge in [-0.2, -0.15) is 0 Å². The van der Waals surface area contributed by atoms with Crippen LogP contribution in [0.5, 0.6) is 0 Å². The van der Waals surface area contributed by atoms with Crippen LogP contribution in [0, 0.1) is 0 Å². The van der Waals surface area contributed by atoms with Gasteiger partial charge in [-0.1, -0.05) is 108 Å². The molecule has 0 N–H and O–H groups in total. The molecule has 0 atom stereocenters. The fourth-order valence-electron chi connectivity index (χ4n) is 3.75. The van der Waals surface area contributed by atoms with Crippen molar-refractivity contribution in [2.75, 3.05) is 19.8 Å². The first-order valence-electron chi connectivity index (χ1n) is 10.3. The van der Waals surface area contributed by atoms with E-state index in [0.29, 0.717) is 13.2 Å². The van der Waals surface area contributed by atoms with Crippen LogP contribution in [0.3, 0.4) is 0 Å². The Morgan fingerprint density at radius 2 is 1.26 bits per heavy atom. The first-order chi connectivity index (χ1) is 13.0.